The van der Waals surface area contributed by atoms with E-state index in [9.17, 15) is 0 Å². The van der Waals surface area contributed by atoms with Gasteiger partial charge in [-0.15, -0.1) is 0 Å². The molecule has 0 amide bonds. The van der Waals surface area contributed by atoms with Crippen molar-refractivity contribution >= 4 is 16.7 Å². The molecule has 0 aliphatic heterocycles. The molecule has 4 heteroatoms. The lowest BCUT2D eigenvalue weighted by Gasteiger charge is -2.23. The summed E-state index contributed by atoms with van der Waals surface area (Å²) in [7, 11) is 1.69. The van der Waals surface area contributed by atoms with Gasteiger partial charge in [-0.25, -0.2) is 4.98 Å². The second-order valence-electron chi connectivity index (χ2n) is 4.12. The molecule has 0 aliphatic rings. The van der Waals surface area contributed by atoms with Gasteiger partial charge in [0.15, 0.2) is 0 Å². The van der Waals surface area contributed by atoms with Crippen molar-refractivity contribution in [1.29, 1.82) is 0 Å². The van der Waals surface area contributed by atoms with Crippen LogP contribution in [0.4, 0.5) is 5.69 Å². The van der Waals surface area contributed by atoms with Crippen molar-refractivity contribution in [2.75, 3.05) is 12.8 Å². The Kier molecular flexibility index (Phi) is 2.59. The maximum absolute atomic E-state index is 5.87. The Morgan fingerprint density at radius 2 is 2.25 bits per heavy atom. The number of hydrogen-bond acceptors (Lipinski definition) is 3. The molecular weight excluding hydrogens is 202 g/mol. The maximum atomic E-state index is 5.87. The monoisotopic (exact) mass is 219 g/mol. The number of benzene rings is 1. The van der Waals surface area contributed by atoms with Crippen LogP contribution in [0.1, 0.15) is 26.1 Å². The summed E-state index contributed by atoms with van der Waals surface area (Å²) in [6.45, 7) is 4.08. The number of nitrogens with two attached hydrogens (primary N) is 1. The molecule has 1 atom stereocenters. The molecule has 86 valence electrons. The molecular formula is C12H17N3O. The molecule has 1 aromatic heterocycles. The number of ether oxygens (including phenoxy) is 1. The molecule has 4 nitrogen and oxygen atoms in total. The van der Waals surface area contributed by atoms with Gasteiger partial charge in [0.05, 0.1) is 11.2 Å². The summed E-state index contributed by atoms with van der Waals surface area (Å²) in [6, 6.07) is 5.73. The quantitative estimate of drug-likeness (QED) is 0.779. The van der Waals surface area contributed by atoms with Crippen molar-refractivity contribution in [3.8, 4) is 0 Å². The number of fused-ring (bicyclic) bond motifs is 1. The van der Waals surface area contributed by atoms with Crippen molar-refractivity contribution in [3.05, 3.63) is 24.0 Å². The summed E-state index contributed by atoms with van der Waals surface area (Å²) in [6.07, 6.45) is 0.850. The van der Waals surface area contributed by atoms with Gasteiger partial charge in [-0.2, -0.15) is 0 Å². The van der Waals surface area contributed by atoms with E-state index in [0.717, 1.165) is 23.3 Å². The molecule has 0 saturated heterocycles. The average Bonchev–Trinajstić information content (AvgIpc) is 2.74. The first-order chi connectivity index (χ1) is 7.60. The third-order valence-corrected chi connectivity index (χ3v) is 3.17. The van der Waals surface area contributed by atoms with Crippen LogP contribution < -0.4 is 5.73 Å². The van der Waals surface area contributed by atoms with Gasteiger partial charge in [0.1, 0.15) is 16.9 Å². The van der Waals surface area contributed by atoms with Crippen LogP contribution in [0.25, 0.3) is 11.0 Å². The molecule has 1 aromatic carbocycles. The van der Waals surface area contributed by atoms with Gasteiger partial charge in [0, 0.05) is 7.11 Å². The standard InChI is InChI=1S/C12H17N3O/c1-4-12(2,16-3)11-14-9-7-5-6-8(13)10(9)15-11/h5-7H,4,13H2,1-3H3,(H,14,15). The zero-order chi connectivity index (χ0) is 11.8. The first-order valence-electron chi connectivity index (χ1n) is 5.40. The lowest BCUT2D eigenvalue weighted by molar-refractivity contribution is -0.00803. The molecule has 1 heterocycles. The number of H-pyrrole nitrogens is 1. The average molecular weight is 219 g/mol. The van der Waals surface area contributed by atoms with Crippen LogP contribution in [0.5, 0.6) is 0 Å². The highest BCUT2D eigenvalue weighted by Gasteiger charge is 2.27. The summed E-state index contributed by atoms with van der Waals surface area (Å²) >= 11 is 0. The van der Waals surface area contributed by atoms with E-state index in [2.05, 4.69) is 16.9 Å². The summed E-state index contributed by atoms with van der Waals surface area (Å²) in [5, 5.41) is 0. The lowest BCUT2D eigenvalue weighted by Crippen LogP contribution is -2.24. The van der Waals surface area contributed by atoms with Gasteiger partial charge in [0.25, 0.3) is 0 Å². The zero-order valence-corrected chi connectivity index (χ0v) is 9.87. The Bertz CT molecular complexity index is 500. The van der Waals surface area contributed by atoms with Gasteiger partial charge < -0.3 is 15.5 Å². The Balaban J connectivity index is 2.59. The van der Waals surface area contributed by atoms with Crippen molar-refractivity contribution in [3.63, 3.8) is 0 Å². The van der Waals surface area contributed by atoms with Gasteiger partial charge in [0.2, 0.25) is 0 Å². The Morgan fingerprint density at radius 3 is 2.81 bits per heavy atom. The van der Waals surface area contributed by atoms with Gasteiger partial charge in [-0.3, -0.25) is 0 Å². The number of nitrogens with one attached hydrogen (secondary N) is 1. The van der Waals surface area contributed by atoms with E-state index in [4.69, 9.17) is 10.5 Å². The predicted octanol–water partition coefficient (Wildman–Crippen LogP) is 2.42. The number of methoxy groups -OCH3 is 1. The van der Waals surface area contributed by atoms with Crippen molar-refractivity contribution in [1.82, 2.24) is 9.97 Å². The Labute approximate surface area is 94.8 Å². The number of aromatic nitrogens is 2. The molecule has 2 aromatic rings. The van der Waals surface area contributed by atoms with E-state index in [0.29, 0.717) is 5.69 Å². The second kappa shape index (κ2) is 3.79. The highest BCUT2D eigenvalue weighted by molar-refractivity contribution is 5.86. The fraction of sp³-hybridized carbons (Fsp3) is 0.417. The first-order valence-corrected chi connectivity index (χ1v) is 5.40. The molecule has 0 bridgehead atoms. The van der Waals surface area contributed by atoms with E-state index in [1.807, 2.05) is 25.1 Å². The maximum Gasteiger partial charge on any atom is 0.139 e. The van der Waals surface area contributed by atoms with Crippen LogP contribution in [0.15, 0.2) is 18.2 Å². The van der Waals surface area contributed by atoms with Crippen molar-refractivity contribution in [2.45, 2.75) is 25.9 Å². The molecule has 3 N–H and O–H groups in total. The van der Waals surface area contributed by atoms with Crippen LogP contribution in [-0.4, -0.2) is 17.1 Å². The number of anilines is 1. The van der Waals surface area contributed by atoms with E-state index in [1.165, 1.54) is 0 Å². The number of para-hydroxylation sites is 1. The first kappa shape index (κ1) is 11.0. The Hall–Kier alpha value is -1.55. The third kappa shape index (κ3) is 1.55. The summed E-state index contributed by atoms with van der Waals surface area (Å²) < 4.78 is 5.51. The Morgan fingerprint density at radius 1 is 1.50 bits per heavy atom. The minimum atomic E-state index is -0.383. The second-order valence-corrected chi connectivity index (χ2v) is 4.12. The van der Waals surface area contributed by atoms with Crippen LogP contribution in [0.3, 0.4) is 0 Å². The fourth-order valence-corrected chi connectivity index (χ4v) is 1.71. The number of nitrogen functional groups attached to an aromatic ring is 1. The summed E-state index contributed by atoms with van der Waals surface area (Å²) in [5.41, 5.74) is 7.94. The number of nitrogens with zero attached hydrogens (tertiary/aromatic N) is 1. The van der Waals surface area contributed by atoms with Gasteiger partial charge >= 0.3 is 0 Å². The SMILES string of the molecule is CCC(C)(OC)c1nc2c(N)cccc2[nH]1. The van der Waals surface area contributed by atoms with Gasteiger partial charge in [-0.05, 0) is 25.5 Å². The van der Waals surface area contributed by atoms with E-state index < -0.39 is 0 Å². The van der Waals surface area contributed by atoms with Gasteiger partial charge in [-0.1, -0.05) is 13.0 Å². The number of hydrogen-bond donors (Lipinski definition) is 2. The van der Waals surface area contributed by atoms with E-state index in [-0.39, 0.29) is 5.60 Å². The summed E-state index contributed by atoms with van der Waals surface area (Å²) in [5.74, 6) is 0.824. The molecule has 0 fully saturated rings. The third-order valence-electron chi connectivity index (χ3n) is 3.17. The highest BCUT2D eigenvalue weighted by Crippen LogP contribution is 2.29. The molecule has 0 aliphatic carbocycles. The fourth-order valence-electron chi connectivity index (χ4n) is 1.71. The van der Waals surface area contributed by atoms with Crippen molar-refractivity contribution in [2.24, 2.45) is 0 Å². The van der Waals surface area contributed by atoms with Crippen LogP contribution >= 0.6 is 0 Å². The normalized spacial score (nSPS) is 15.2. The minimum absolute atomic E-state index is 0.383. The lowest BCUT2D eigenvalue weighted by atomic mass is 10.0. The van der Waals surface area contributed by atoms with Crippen LogP contribution in [-0.2, 0) is 10.3 Å². The molecule has 1 unspecified atom stereocenters. The number of rotatable bonds is 3. The summed E-state index contributed by atoms with van der Waals surface area (Å²) in [4.78, 5) is 7.78. The van der Waals surface area contributed by atoms with Crippen molar-refractivity contribution < 1.29 is 4.74 Å². The molecule has 0 saturated carbocycles. The van der Waals surface area contributed by atoms with Crippen LogP contribution in [0.2, 0.25) is 0 Å². The van der Waals surface area contributed by atoms with E-state index >= 15 is 0 Å². The number of aromatic amines is 1. The molecule has 16 heavy (non-hydrogen) atoms. The van der Waals surface area contributed by atoms with Crippen LogP contribution in [0, 0.1) is 0 Å². The zero-order valence-electron chi connectivity index (χ0n) is 9.87. The molecule has 2 rings (SSSR count). The predicted molar refractivity (Wildman–Crippen MR) is 65.2 cm³/mol. The minimum Gasteiger partial charge on any atom is -0.397 e. The smallest absolute Gasteiger partial charge is 0.139 e. The topological polar surface area (TPSA) is 63.9 Å². The highest BCUT2D eigenvalue weighted by atomic mass is 16.5. The van der Waals surface area contributed by atoms with E-state index in [1.54, 1.807) is 7.11 Å². The molecule has 0 radical (unpaired) electrons. The number of imidazole rings is 1. The molecule has 0 spiro atoms. The largest absolute Gasteiger partial charge is 0.397 e.